The highest BCUT2D eigenvalue weighted by Gasteiger charge is 2.32. The van der Waals surface area contributed by atoms with Crippen LogP contribution in [-0.4, -0.2) is 17.0 Å². The topological polar surface area (TPSA) is 87.9 Å². The van der Waals surface area contributed by atoms with E-state index in [1.807, 2.05) is 13.8 Å². The van der Waals surface area contributed by atoms with Crippen LogP contribution < -0.4 is 16.8 Å². The summed E-state index contributed by atoms with van der Waals surface area (Å²) in [4.78, 5) is 0. The van der Waals surface area contributed by atoms with E-state index in [2.05, 4.69) is 24.0 Å². The predicted octanol–water partition coefficient (Wildman–Crippen LogP) is 1.03. The van der Waals surface area contributed by atoms with Crippen LogP contribution in [0.4, 0.5) is 0 Å². The Labute approximate surface area is 107 Å². The van der Waals surface area contributed by atoms with Gasteiger partial charge < -0.3 is 16.8 Å². The van der Waals surface area contributed by atoms with Gasteiger partial charge in [0.05, 0.1) is 22.7 Å². The van der Waals surface area contributed by atoms with Crippen molar-refractivity contribution in [3.8, 4) is 0 Å². The molecule has 0 aromatic heterocycles. The molecule has 2 atom stereocenters. The SMILES string of the molecule is CC1=CCC(C2=C(N)C(S)C(C)=C(N)C2=N)N1. The maximum absolute atomic E-state index is 8.12. The molecule has 0 aromatic carbocycles. The first-order valence-electron chi connectivity index (χ1n) is 5.60. The molecular weight excluding hydrogens is 232 g/mol. The van der Waals surface area contributed by atoms with E-state index in [0.717, 1.165) is 23.3 Å². The summed E-state index contributed by atoms with van der Waals surface area (Å²) >= 11 is 4.46. The molecule has 17 heavy (non-hydrogen) atoms. The summed E-state index contributed by atoms with van der Waals surface area (Å²) in [5, 5.41) is 11.2. The highest BCUT2D eigenvalue weighted by Crippen LogP contribution is 2.30. The van der Waals surface area contributed by atoms with Crippen LogP contribution in [0.1, 0.15) is 20.3 Å². The molecule has 0 fully saturated rings. The second-order valence-corrected chi connectivity index (χ2v) is 5.08. The smallest absolute Gasteiger partial charge is 0.0839 e. The molecular formula is C12H18N4S. The van der Waals surface area contributed by atoms with E-state index in [9.17, 15) is 0 Å². The van der Waals surface area contributed by atoms with Crippen molar-refractivity contribution >= 4 is 18.3 Å². The van der Waals surface area contributed by atoms with Gasteiger partial charge in [0, 0.05) is 17.0 Å². The van der Waals surface area contributed by atoms with E-state index in [1.165, 1.54) is 0 Å². The molecule has 92 valence electrons. The van der Waals surface area contributed by atoms with Gasteiger partial charge in [0.2, 0.25) is 0 Å². The fourth-order valence-corrected chi connectivity index (χ4v) is 2.55. The van der Waals surface area contributed by atoms with Crippen molar-refractivity contribution < 1.29 is 0 Å². The summed E-state index contributed by atoms with van der Waals surface area (Å²) in [7, 11) is 0. The second kappa shape index (κ2) is 4.14. The van der Waals surface area contributed by atoms with Gasteiger partial charge in [-0.15, -0.1) is 0 Å². The molecule has 0 aromatic rings. The Morgan fingerprint density at radius 2 is 2.06 bits per heavy atom. The van der Waals surface area contributed by atoms with Gasteiger partial charge >= 0.3 is 0 Å². The number of hydrogen-bond donors (Lipinski definition) is 5. The Morgan fingerprint density at radius 1 is 1.41 bits per heavy atom. The zero-order valence-electron chi connectivity index (χ0n) is 10.0. The molecule has 2 aliphatic rings. The lowest BCUT2D eigenvalue weighted by molar-refractivity contribution is 0.703. The normalized spacial score (nSPS) is 29.6. The van der Waals surface area contributed by atoms with Crippen molar-refractivity contribution in [2.75, 3.05) is 0 Å². The third-order valence-corrected chi connectivity index (χ3v) is 4.05. The molecule has 0 amide bonds. The van der Waals surface area contributed by atoms with Crippen LogP contribution in [-0.2, 0) is 0 Å². The van der Waals surface area contributed by atoms with Crippen LogP contribution in [0.2, 0.25) is 0 Å². The summed E-state index contributed by atoms with van der Waals surface area (Å²) in [5.74, 6) is 0. The minimum absolute atomic E-state index is 0.0591. The number of nitrogens with two attached hydrogens (primary N) is 2. The van der Waals surface area contributed by atoms with Crippen LogP contribution in [0.25, 0.3) is 0 Å². The average Bonchev–Trinajstić information content (AvgIpc) is 2.71. The molecule has 0 saturated carbocycles. The van der Waals surface area contributed by atoms with E-state index in [-0.39, 0.29) is 11.3 Å². The van der Waals surface area contributed by atoms with Crippen LogP contribution in [0.15, 0.2) is 34.3 Å². The molecule has 0 radical (unpaired) electrons. The number of nitrogens with one attached hydrogen (secondary N) is 2. The predicted molar refractivity (Wildman–Crippen MR) is 73.9 cm³/mol. The molecule has 4 nitrogen and oxygen atoms in total. The molecule has 2 rings (SSSR count). The second-order valence-electron chi connectivity index (χ2n) is 4.56. The zero-order chi connectivity index (χ0) is 12.7. The minimum Gasteiger partial charge on any atom is -0.401 e. The van der Waals surface area contributed by atoms with E-state index in [4.69, 9.17) is 16.9 Å². The first kappa shape index (κ1) is 12.1. The Balaban J connectivity index is 2.37. The standard InChI is InChI=1S/C12H18N4S/c1-5-3-4-7(16-5)8-10(14)9(13)6(2)12(17)11(8)15/h3,7,12,14,16-17H,4,13,15H2,1-2H3. The van der Waals surface area contributed by atoms with Gasteiger partial charge in [0.1, 0.15) is 0 Å². The third kappa shape index (κ3) is 1.84. The molecule has 1 heterocycles. The van der Waals surface area contributed by atoms with Crippen LogP contribution in [0.5, 0.6) is 0 Å². The highest BCUT2D eigenvalue weighted by molar-refractivity contribution is 7.81. The fourth-order valence-electron chi connectivity index (χ4n) is 2.27. The van der Waals surface area contributed by atoms with E-state index < -0.39 is 0 Å². The van der Waals surface area contributed by atoms with Crippen molar-refractivity contribution in [2.45, 2.75) is 31.6 Å². The minimum atomic E-state index is -0.179. The van der Waals surface area contributed by atoms with Gasteiger partial charge in [-0.05, 0) is 25.8 Å². The molecule has 2 unspecified atom stereocenters. The van der Waals surface area contributed by atoms with Gasteiger partial charge in [-0.1, -0.05) is 6.08 Å². The molecule has 6 N–H and O–H groups in total. The Kier molecular flexibility index (Phi) is 2.95. The molecule has 1 aliphatic heterocycles. The van der Waals surface area contributed by atoms with Crippen molar-refractivity contribution in [2.24, 2.45) is 11.5 Å². The maximum atomic E-state index is 8.12. The summed E-state index contributed by atoms with van der Waals surface area (Å²) in [5.41, 5.74) is 16.3. The largest absolute Gasteiger partial charge is 0.401 e. The maximum Gasteiger partial charge on any atom is 0.0839 e. The first-order chi connectivity index (χ1) is 7.93. The van der Waals surface area contributed by atoms with E-state index >= 15 is 0 Å². The zero-order valence-corrected chi connectivity index (χ0v) is 10.9. The monoisotopic (exact) mass is 250 g/mol. The molecule has 0 bridgehead atoms. The quantitative estimate of drug-likeness (QED) is 0.450. The van der Waals surface area contributed by atoms with Crippen LogP contribution in [0, 0.1) is 5.41 Å². The molecule has 0 spiro atoms. The fraction of sp³-hybridized carbons (Fsp3) is 0.417. The third-order valence-electron chi connectivity index (χ3n) is 3.39. The Morgan fingerprint density at radius 3 is 2.59 bits per heavy atom. The lowest BCUT2D eigenvalue weighted by atomic mass is 9.87. The van der Waals surface area contributed by atoms with Gasteiger partial charge in [0.15, 0.2) is 0 Å². The average molecular weight is 250 g/mol. The number of allylic oxidation sites excluding steroid dienone is 2. The van der Waals surface area contributed by atoms with Gasteiger partial charge in [0.25, 0.3) is 0 Å². The summed E-state index contributed by atoms with van der Waals surface area (Å²) in [6.45, 7) is 3.88. The number of thiol groups is 1. The van der Waals surface area contributed by atoms with E-state index in [0.29, 0.717) is 17.1 Å². The first-order valence-corrected chi connectivity index (χ1v) is 6.11. The van der Waals surface area contributed by atoms with Crippen molar-refractivity contribution in [1.29, 1.82) is 5.41 Å². The Hall–Kier alpha value is -1.36. The number of rotatable bonds is 1. The number of hydrogen-bond acceptors (Lipinski definition) is 5. The van der Waals surface area contributed by atoms with Gasteiger partial charge in [-0.25, -0.2) is 0 Å². The highest BCUT2D eigenvalue weighted by atomic mass is 32.1. The molecule has 0 saturated heterocycles. The van der Waals surface area contributed by atoms with Crippen molar-refractivity contribution in [1.82, 2.24) is 5.32 Å². The lowest BCUT2D eigenvalue weighted by Gasteiger charge is -2.29. The lowest BCUT2D eigenvalue weighted by Crippen LogP contribution is -2.38. The summed E-state index contributed by atoms with van der Waals surface area (Å²) < 4.78 is 0. The van der Waals surface area contributed by atoms with Crippen molar-refractivity contribution in [3.63, 3.8) is 0 Å². The summed E-state index contributed by atoms with van der Waals surface area (Å²) in [6.07, 6.45) is 2.95. The summed E-state index contributed by atoms with van der Waals surface area (Å²) in [6, 6.07) is 0.0591. The van der Waals surface area contributed by atoms with Crippen LogP contribution >= 0.6 is 12.6 Å². The van der Waals surface area contributed by atoms with Gasteiger partial charge in [-0.3, -0.25) is 5.41 Å². The van der Waals surface area contributed by atoms with Crippen molar-refractivity contribution in [3.05, 3.63) is 34.3 Å². The van der Waals surface area contributed by atoms with Crippen LogP contribution in [0.3, 0.4) is 0 Å². The van der Waals surface area contributed by atoms with Gasteiger partial charge in [-0.2, -0.15) is 12.6 Å². The Bertz CT molecular complexity index is 473. The van der Waals surface area contributed by atoms with E-state index in [1.54, 1.807) is 0 Å². The molecule has 5 heteroatoms. The molecule has 1 aliphatic carbocycles.